The minimum Gasteiger partial charge on any atom is -0.228 e. The highest BCUT2D eigenvalue weighted by molar-refractivity contribution is 4.82. The number of hydrogen-bond donors (Lipinski definition) is 0. The van der Waals surface area contributed by atoms with Crippen molar-refractivity contribution in [1.29, 1.82) is 0 Å². The van der Waals surface area contributed by atoms with Gasteiger partial charge in [0.25, 0.3) is 0 Å². The molecule has 0 amide bonds. The summed E-state index contributed by atoms with van der Waals surface area (Å²) in [6.45, 7) is 17.1. The van der Waals surface area contributed by atoms with Crippen molar-refractivity contribution in [3.63, 3.8) is 0 Å². The Morgan fingerprint density at radius 3 is 1.67 bits per heavy atom. The van der Waals surface area contributed by atoms with Gasteiger partial charge in [-0.25, -0.2) is 9.78 Å². The summed E-state index contributed by atoms with van der Waals surface area (Å²) in [5.74, 6) is 0.370. The highest BCUT2D eigenvalue weighted by Gasteiger charge is 2.44. The molecule has 24 heavy (non-hydrogen) atoms. The van der Waals surface area contributed by atoms with Crippen molar-refractivity contribution in [2.75, 3.05) is 0 Å². The Bertz CT molecular complexity index is 343. The first-order chi connectivity index (χ1) is 11.0. The number of hydrogen-bond acceptors (Lipinski definition) is 4. The second kappa shape index (κ2) is 8.98. The Balaban J connectivity index is 2.77. The molecule has 0 aliphatic heterocycles. The van der Waals surface area contributed by atoms with Gasteiger partial charge in [0.2, 0.25) is 5.79 Å². The quantitative estimate of drug-likeness (QED) is 0.269. The van der Waals surface area contributed by atoms with E-state index in [1.54, 1.807) is 0 Å². The SMILES string of the molecule is CCCC(C)(C)OOC1(OOC(C)(C)CCC)CCC(C)C(C)C1. The zero-order valence-electron chi connectivity index (χ0n) is 17.2. The van der Waals surface area contributed by atoms with Crippen LogP contribution < -0.4 is 0 Å². The second-order valence-electron chi connectivity index (χ2n) is 8.96. The van der Waals surface area contributed by atoms with Crippen LogP contribution in [0.4, 0.5) is 0 Å². The highest BCUT2D eigenvalue weighted by atomic mass is 17.3. The van der Waals surface area contributed by atoms with E-state index in [0.717, 1.165) is 44.9 Å². The van der Waals surface area contributed by atoms with Crippen LogP contribution in [-0.4, -0.2) is 17.0 Å². The zero-order valence-corrected chi connectivity index (χ0v) is 17.2. The first kappa shape index (κ1) is 21.9. The van der Waals surface area contributed by atoms with E-state index in [2.05, 4.69) is 55.4 Å². The maximum Gasteiger partial charge on any atom is 0.234 e. The van der Waals surface area contributed by atoms with E-state index in [4.69, 9.17) is 19.6 Å². The van der Waals surface area contributed by atoms with Crippen LogP contribution in [0.3, 0.4) is 0 Å². The molecule has 1 aliphatic carbocycles. The maximum absolute atomic E-state index is 5.93. The molecule has 0 saturated heterocycles. The molecule has 0 spiro atoms. The molecule has 1 rings (SSSR count). The van der Waals surface area contributed by atoms with E-state index in [-0.39, 0.29) is 11.2 Å². The summed E-state index contributed by atoms with van der Waals surface area (Å²) in [4.78, 5) is 23.5. The fourth-order valence-corrected chi connectivity index (χ4v) is 3.36. The van der Waals surface area contributed by atoms with Gasteiger partial charge >= 0.3 is 0 Å². The van der Waals surface area contributed by atoms with Crippen molar-refractivity contribution in [2.45, 2.75) is 117 Å². The fourth-order valence-electron chi connectivity index (χ4n) is 3.36. The molecule has 0 aromatic heterocycles. The van der Waals surface area contributed by atoms with Gasteiger partial charge in [0.05, 0.1) is 11.2 Å². The standard InChI is InChI=1S/C20H40O4/c1-9-12-18(5,6)21-23-20(14-11-16(3)17(4)15-20)24-22-19(7,8)13-10-2/h16-17H,9-15H2,1-8H3. The molecule has 4 nitrogen and oxygen atoms in total. The molecule has 1 aliphatic rings. The van der Waals surface area contributed by atoms with Crippen LogP contribution in [0.1, 0.15) is 100 Å². The van der Waals surface area contributed by atoms with E-state index in [0.29, 0.717) is 11.8 Å². The molecule has 2 unspecified atom stereocenters. The smallest absolute Gasteiger partial charge is 0.228 e. The average Bonchev–Trinajstić information content (AvgIpc) is 2.47. The normalized spacial score (nSPS) is 25.0. The lowest BCUT2D eigenvalue weighted by atomic mass is 9.78. The lowest BCUT2D eigenvalue weighted by Crippen LogP contribution is -2.46. The molecule has 0 aromatic carbocycles. The second-order valence-corrected chi connectivity index (χ2v) is 8.96. The Hall–Kier alpha value is -0.160. The predicted molar refractivity (Wildman–Crippen MR) is 97.2 cm³/mol. The third-order valence-corrected chi connectivity index (χ3v) is 5.13. The van der Waals surface area contributed by atoms with Crippen molar-refractivity contribution in [3.8, 4) is 0 Å². The molecule has 1 fully saturated rings. The van der Waals surface area contributed by atoms with Gasteiger partial charge in [-0.1, -0.05) is 40.5 Å². The summed E-state index contributed by atoms with van der Waals surface area (Å²) in [6.07, 6.45) is 6.63. The fraction of sp³-hybridized carbons (Fsp3) is 1.00. The Labute approximate surface area is 149 Å². The van der Waals surface area contributed by atoms with E-state index >= 15 is 0 Å². The van der Waals surface area contributed by atoms with Crippen LogP contribution in [0.15, 0.2) is 0 Å². The summed E-state index contributed by atoms with van der Waals surface area (Å²) in [7, 11) is 0. The number of rotatable bonds is 10. The van der Waals surface area contributed by atoms with Crippen LogP contribution in [0, 0.1) is 11.8 Å². The first-order valence-corrected chi connectivity index (χ1v) is 9.78. The van der Waals surface area contributed by atoms with Gasteiger partial charge in [-0.05, 0) is 58.8 Å². The maximum atomic E-state index is 5.93. The van der Waals surface area contributed by atoms with E-state index in [9.17, 15) is 0 Å². The summed E-state index contributed by atoms with van der Waals surface area (Å²) in [5.41, 5.74) is -0.646. The topological polar surface area (TPSA) is 36.9 Å². The third-order valence-electron chi connectivity index (χ3n) is 5.13. The molecule has 2 atom stereocenters. The van der Waals surface area contributed by atoms with Crippen LogP contribution in [0.2, 0.25) is 0 Å². The lowest BCUT2D eigenvalue weighted by Gasteiger charge is -2.42. The first-order valence-electron chi connectivity index (χ1n) is 9.78. The summed E-state index contributed by atoms with van der Waals surface area (Å²) in [5, 5.41) is 0. The van der Waals surface area contributed by atoms with Crippen molar-refractivity contribution < 1.29 is 19.6 Å². The summed E-state index contributed by atoms with van der Waals surface area (Å²) in [6, 6.07) is 0. The largest absolute Gasteiger partial charge is 0.234 e. The molecule has 0 aromatic rings. The molecular formula is C20H40O4. The van der Waals surface area contributed by atoms with Crippen molar-refractivity contribution >= 4 is 0 Å². The van der Waals surface area contributed by atoms with Crippen LogP contribution in [-0.2, 0) is 19.6 Å². The molecule has 0 radical (unpaired) electrons. The van der Waals surface area contributed by atoms with Gasteiger partial charge in [0.15, 0.2) is 0 Å². The highest BCUT2D eigenvalue weighted by Crippen LogP contribution is 2.41. The Morgan fingerprint density at radius 2 is 1.29 bits per heavy atom. The van der Waals surface area contributed by atoms with Gasteiger partial charge in [-0.15, -0.1) is 0 Å². The van der Waals surface area contributed by atoms with E-state index in [1.165, 1.54) is 0 Å². The minimum atomic E-state index is -0.804. The van der Waals surface area contributed by atoms with Gasteiger partial charge < -0.3 is 0 Å². The predicted octanol–water partition coefficient (Wildman–Crippen LogP) is 6.19. The van der Waals surface area contributed by atoms with Crippen LogP contribution in [0.5, 0.6) is 0 Å². The average molecular weight is 345 g/mol. The van der Waals surface area contributed by atoms with Crippen LogP contribution >= 0.6 is 0 Å². The van der Waals surface area contributed by atoms with E-state index in [1.807, 2.05) is 0 Å². The molecule has 0 heterocycles. The van der Waals surface area contributed by atoms with Gasteiger partial charge in [0.1, 0.15) is 0 Å². The summed E-state index contributed by atoms with van der Waals surface area (Å²) >= 11 is 0. The van der Waals surface area contributed by atoms with Gasteiger partial charge in [0, 0.05) is 12.8 Å². The third kappa shape index (κ3) is 6.99. The molecule has 4 heteroatoms. The molecule has 0 N–H and O–H groups in total. The van der Waals surface area contributed by atoms with Gasteiger partial charge in [-0.3, -0.25) is 0 Å². The summed E-state index contributed by atoms with van der Waals surface area (Å²) < 4.78 is 0. The molecular weight excluding hydrogens is 304 g/mol. The van der Waals surface area contributed by atoms with E-state index < -0.39 is 5.79 Å². The monoisotopic (exact) mass is 344 g/mol. The Morgan fingerprint density at radius 1 is 0.833 bits per heavy atom. The van der Waals surface area contributed by atoms with Crippen molar-refractivity contribution in [1.82, 2.24) is 0 Å². The minimum absolute atomic E-state index is 0.323. The van der Waals surface area contributed by atoms with Crippen molar-refractivity contribution in [2.24, 2.45) is 11.8 Å². The molecule has 0 bridgehead atoms. The molecule has 1 saturated carbocycles. The van der Waals surface area contributed by atoms with Crippen LogP contribution in [0.25, 0.3) is 0 Å². The van der Waals surface area contributed by atoms with Gasteiger partial charge in [-0.2, -0.15) is 9.78 Å². The van der Waals surface area contributed by atoms with Crippen molar-refractivity contribution in [3.05, 3.63) is 0 Å². The lowest BCUT2D eigenvalue weighted by molar-refractivity contribution is -0.550. The zero-order chi connectivity index (χ0) is 18.4. The Kier molecular flexibility index (Phi) is 8.18. The molecule has 144 valence electrons.